The van der Waals surface area contributed by atoms with Crippen LogP contribution in [0.25, 0.3) is 0 Å². The van der Waals surface area contributed by atoms with Gasteiger partial charge < -0.3 is 15.5 Å². The Labute approximate surface area is 207 Å². The molecule has 2 amide bonds. The standard InChI is InChI=1S/C27H35ClFN3O2/c1-32(2)27(19-21-6-3-7-22(28)17-21)14-11-24(12-15-27)31-26(34)10-9-25(33)30-16-13-20-5-4-8-23(29)18-20/h3-8,17-18,24H,9-16,19H2,1-2H3,(H,30,33)(H,31,34). The topological polar surface area (TPSA) is 61.4 Å². The molecule has 1 aliphatic rings. The fraction of sp³-hybridized carbons (Fsp3) is 0.481. The molecule has 3 rings (SSSR count). The number of nitrogens with one attached hydrogen (secondary N) is 2. The molecule has 0 bridgehead atoms. The number of amides is 2. The number of halogens is 2. The minimum absolute atomic E-state index is 0.0491. The van der Waals surface area contributed by atoms with Crippen molar-refractivity contribution in [2.75, 3.05) is 20.6 Å². The highest BCUT2D eigenvalue weighted by molar-refractivity contribution is 6.30. The van der Waals surface area contributed by atoms with E-state index >= 15 is 0 Å². The molecule has 0 aliphatic heterocycles. The van der Waals surface area contributed by atoms with E-state index in [0.29, 0.717) is 13.0 Å². The molecule has 0 atom stereocenters. The van der Waals surface area contributed by atoms with Crippen LogP contribution < -0.4 is 10.6 Å². The van der Waals surface area contributed by atoms with Gasteiger partial charge in [-0.25, -0.2) is 4.39 Å². The van der Waals surface area contributed by atoms with Crippen molar-refractivity contribution >= 4 is 23.4 Å². The molecule has 0 saturated heterocycles. The predicted octanol–water partition coefficient (Wildman–Crippen LogP) is 4.52. The van der Waals surface area contributed by atoms with Crippen LogP contribution in [0.5, 0.6) is 0 Å². The van der Waals surface area contributed by atoms with E-state index in [0.717, 1.165) is 42.7 Å². The number of hydrogen-bond acceptors (Lipinski definition) is 3. The minimum Gasteiger partial charge on any atom is -0.356 e. The summed E-state index contributed by atoms with van der Waals surface area (Å²) in [6.07, 6.45) is 5.59. The average Bonchev–Trinajstić information content (AvgIpc) is 2.79. The normalized spacial score (nSPS) is 20.2. The Hall–Kier alpha value is -2.44. The smallest absolute Gasteiger partial charge is 0.220 e. The van der Waals surface area contributed by atoms with Gasteiger partial charge >= 0.3 is 0 Å². The molecule has 0 heterocycles. The van der Waals surface area contributed by atoms with Gasteiger partial charge in [-0.2, -0.15) is 0 Å². The van der Waals surface area contributed by atoms with Crippen molar-refractivity contribution in [3.8, 4) is 0 Å². The summed E-state index contributed by atoms with van der Waals surface area (Å²) in [5.41, 5.74) is 2.11. The van der Waals surface area contributed by atoms with Crippen LogP contribution in [-0.4, -0.2) is 48.9 Å². The van der Waals surface area contributed by atoms with E-state index in [-0.39, 0.29) is 42.1 Å². The molecule has 0 aromatic heterocycles. The van der Waals surface area contributed by atoms with Gasteiger partial charge in [0, 0.05) is 36.0 Å². The van der Waals surface area contributed by atoms with Crippen LogP contribution in [0.1, 0.15) is 49.7 Å². The second-order valence-electron chi connectivity index (χ2n) is 9.50. The average molecular weight is 488 g/mol. The molecule has 1 fully saturated rings. The van der Waals surface area contributed by atoms with E-state index in [1.807, 2.05) is 24.3 Å². The van der Waals surface area contributed by atoms with Crippen molar-refractivity contribution in [1.82, 2.24) is 15.5 Å². The van der Waals surface area contributed by atoms with Gasteiger partial charge in [0.15, 0.2) is 0 Å². The number of carbonyl (C=O) groups is 2. The van der Waals surface area contributed by atoms with Crippen LogP contribution in [-0.2, 0) is 22.4 Å². The Morgan fingerprint density at radius 2 is 1.71 bits per heavy atom. The third-order valence-corrected chi connectivity index (χ3v) is 7.09. The number of carbonyl (C=O) groups excluding carboxylic acids is 2. The SMILES string of the molecule is CN(C)C1(Cc2cccc(Cl)c2)CCC(NC(=O)CCC(=O)NCCc2cccc(F)c2)CC1. The van der Waals surface area contributed by atoms with Gasteiger partial charge in [0.25, 0.3) is 0 Å². The number of nitrogens with zero attached hydrogens (tertiary/aromatic N) is 1. The largest absolute Gasteiger partial charge is 0.356 e. The highest BCUT2D eigenvalue weighted by atomic mass is 35.5. The molecule has 2 N–H and O–H groups in total. The number of rotatable bonds is 10. The third-order valence-electron chi connectivity index (χ3n) is 6.86. The van der Waals surface area contributed by atoms with E-state index in [1.54, 1.807) is 6.07 Å². The van der Waals surface area contributed by atoms with Gasteiger partial charge in [-0.15, -0.1) is 0 Å². The molecule has 2 aromatic carbocycles. The summed E-state index contributed by atoms with van der Waals surface area (Å²) < 4.78 is 13.2. The molecule has 34 heavy (non-hydrogen) atoms. The van der Waals surface area contributed by atoms with E-state index in [4.69, 9.17) is 11.6 Å². The maximum Gasteiger partial charge on any atom is 0.220 e. The van der Waals surface area contributed by atoms with Gasteiger partial charge in [0.2, 0.25) is 11.8 Å². The van der Waals surface area contributed by atoms with Crippen LogP contribution in [0.4, 0.5) is 4.39 Å². The first-order valence-corrected chi connectivity index (χ1v) is 12.4. The lowest BCUT2D eigenvalue weighted by atomic mass is 9.75. The Morgan fingerprint density at radius 3 is 2.38 bits per heavy atom. The minimum atomic E-state index is -0.282. The predicted molar refractivity (Wildman–Crippen MR) is 134 cm³/mol. The van der Waals surface area contributed by atoms with Crippen LogP contribution in [0.2, 0.25) is 5.02 Å². The molecule has 1 saturated carbocycles. The molecular formula is C27H35ClFN3O2. The molecule has 0 radical (unpaired) electrons. The summed E-state index contributed by atoms with van der Waals surface area (Å²) in [4.78, 5) is 26.8. The second kappa shape index (κ2) is 12.3. The van der Waals surface area contributed by atoms with E-state index < -0.39 is 0 Å². The van der Waals surface area contributed by atoms with Crippen molar-refractivity contribution in [2.24, 2.45) is 0 Å². The summed E-state index contributed by atoms with van der Waals surface area (Å²) in [6, 6.07) is 14.5. The summed E-state index contributed by atoms with van der Waals surface area (Å²) in [7, 11) is 4.24. The number of likely N-dealkylation sites (N-methyl/N-ethyl adjacent to an activating group) is 1. The van der Waals surface area contributed by atoms with E-state index in [9.17, 15) is 14.0 Å². The lowest BCUT2D eigenvalue weighted by molar-refractivity contribution is -0.127. The molecule has 1 aliphatic carbocycles. The quantitative estimate of drug-likeness (QED) is 0.518. The van der Waals surface area contributed by atoms with Crippen molar-refractivity contribution in [3.63, 3.8) is 0 Å². The molecule has 7 heteroatoms. The van der Waals surface area contributed by atoms with Gasteiger partial charge in [-0.05, 0) is 88.0 Å². The number of benzene rings is 2. The van der Waals surface area contributed by atoms with Crippen LogP contribution in [0, 0.1) is 5.82 Å². The molecular weight excluding hydrogens is 453 g/mol. The van der Waals surface area contributed by atoms with E-state index in [2.05, 4.69) is 35.7 Å². The first-order valence-electron chi connectivity index (χ1n) is 12.0. The lowest BCUT2D eigenvalue weighted by Gasteiger charge is -2.45. The zero-order valence-corrected chi connectivity index (χ0v) is 20.8. The highest BCUT2D eigenvalue weighted by Gasteiger charge is 2.37. The van der Waals surface area contributed by atoms with Crippen molar-refractivity contribution < 1.29 is 14.0 Å². The van der Waals surface area contributed by atoms with Crippen molar-refractivity contribution in [2.45, 2.75) is 62.9 Å². The maximum atomic E-state index is 13.2. The monoisotopic (exact) mass is 487 g/mol. The van der Waals surface area contributed by atoms with Crippen molar-refractivity contribution in [3.05, 3.63) is 70.5 Å². The van der Waals surface area contributed by atoms with Gasteiger partial charge in [0.1, 0.15) is 5.82 Å². The zero-order chi connectivity index (χ0) is 24.6. The lowest BCUT2D eigenvalue weighted by Crippen LogP contribution is -2.52. The Balaban J connectivity index is 1.38. The summed E-state index contributed by atoms with van der Waals surface area (Å²) in [5, 5.41) is 6.67. The van der Waals surface area contributed by atoms with Gasteiger partial charge in [-0.3, -0.25) is 9.59 Å². The Bertz CT molecular complexity index is 974. The molecule has 0 spiro atoms. The van der Waals surface area contributed by atoms with Gasteiger partial charge in [0.05, 0.1) is 0 Å². The highest BCUT2D eigenvalue weighted by Crippen LogP contribution is 2.35. The molecule has 5 nitrogen and oxygen atoms in total. The first kappa shape index (κ1) is 26.2. The summed E-state index contributed by atoms with van der Waals surface area (Å²) in [6.45, 7) is 0.422. The van der Waals surface area contributed by atoms with Gasteiger partial charge in [-0.1, -0.05) is 35.9 Å². The summed E-state index contributed by atoms with van der Waals surface area (Å²) >= 11 is 6.18. The van der Waals surface area contributed by atoms with Crippen LogP contribution in [0.3, 0.4) is 0 Å². The number of hydrogen-bond donors (Lipinski definition) is 2. The molecule has 184 valence electrons. The molecule has 0 unspecified atom stereocenters. The first-order chi connectivity index (χ1) is 16.3. The van der Waals surface area contributed by atoms with E-state index in [1.165, 1.54) is 17.7 Å². The second-order valence-corrected chi connectivity index (χ2v) is 9.93. The zero-order valence-electron chi connectivity index (χ0n) is 20.1. The summed E-state index contributed by atoms with van der Waals surface area (Å²) in [5.74, 6) is -0.531. The fourth-order valence-corrected chi connectivity index (χ4v) is 4.98. The van der Waals surface area contributed by atoms with Crippen LogP contribution >= 0.6 is 11.6 Å². The van der Waals surface area contributed by atoms with Crippen LogP contribution in [0.15, 0.2) is 48.5 Å². The Kier molecular flexibility index (Phi) is 9.48. The Morgan fingerprint density at radius 1 is 1.03 bits per heavy atom. The third kappa shape index (κ3) is 7.81. The van der Waals surface area contributed by atoms with Crippen molar-refractivity contribution in [1.29, 1.82) is 0 Å². The molecule has 2 aromatic rings. The maximum absolute atomic E-state index is 13.2. The fourth-order valence-electron chi connectivity index (χ4n) is 4.76.